The summed E-state index contributed by atoms with van der Waals surface area (Å²) < 4.78 is 0. The van der Waals surface area contributed by atoms with Crippen LogP contribution in [0.25, 0.3) is 21.8 Å². The molecule has 4 rings (SSSR count). The molecule has 14 nitrogen and oxygen atoms in total. The Balaban J connectivity index is 1.48. The average molecular weight is 592 g/mol. The Bertz CT molecular complexity index is 1650. The Kier molecular flexibility index (Phi) is 9.75. The number of nitrogens with two attached hydrogens (primary N) is 2. The summed E-state index contributed by atoms with van der Waals surface area (Å²) in [6.45, 7) is -0.807. The Labute approximate surface area is 245 Å². The van der Waals surface area contributed by atoms with Gasteiger partial charge in [-0.05, 0) is 29.7 Å². The van der Waals surface area contributed by atoms with Gasteiger partial charge in [0.05, 0.1) is 19.1 Å². The summed E-state index contributed by atoms with van der Waals surface area (Å²) >= 11 is 0. The zero-order chi connectivity index (χ0) is 31.1. The standard InChI is InChI=1S/C29H33N7O7/c30-19(9-15-12-32-20-7-3-1-5-17(15)20)26(39)36-24(14-37)28(41)34-22(27(40)35-23(29(42)43)11-25(31)38)10-16-13-33-21-8-4-2-6-18(16)21/h1-8,12-13,19,22-24,32-33,37H,9-11,14,30H2,(H2,31,38)(H,34,41)(H,35,40)(H,36,39)(H,42,43). The summed E-state index contributed by atoms with van der Waals surface area (Å²) in [7, 11) is 0. The molecular weight excluding hydrogens is 558 g/mol. The number of nitrogens with one attached hydrogen (secondary N) is 5. The number of carbonyl (C=O) groups is 5. The van der Waals surface area contributed by atoms with Gasteiger partial charge in [-0.2, -0.15) is 0 Å². The van der Waals surface area contributed by atoms with Gasteiger partial charge >= 0.3 is 5.97 Å². The summed E-state index contributed by atoms with van der Waals surface area (Å²) in [5.41, 5.74) is 14.3. The van der Waals surface area contributed by atoms with Crippen LogP contribution in [0.4, 0.5) is 0 Å². The summed E-state index contributed by atoms with van der Waals surface area (Å²) in [5, 5.41) is 28.2. The second kappa shape index (κ2) is 13.6. The minimum absolute atomic E-state index is 0.0866. The monoisotopic (exact) mass is 591 g/mol. The van der Waals surface area contributed by atoms with E-state index in [4.69, 9.17) is 11.5 Å². The van der Waals surface area contributed by atoms with E-state index in [1.165, 1.54) is 0 Å². The lowest BCUT2D eigenvalue weighted by atomic mass is 10.0. The molecule has 4 unspecified atom stereocenters. The predicted molar refractivity (Wildman–Crippen MR) is 156 cm³/mol. The number of primary amides is 1. The maximum atomic E-state index is 13.2. The highest BCUT2D eigenvalue weighted by Gasteiger charge is 2.31. The lowest BCUT2D eigenvalue weighted by Gasteiger charge is -2.24. The van der Waals surface area contributed by atoms with Crippen molar-refractivity contribution in [3.05, 3.63) is 72.1 Å². The quantitative estimate of drug-likeness (QED) is 0.0893. The topological polar surface area (TPSA) is 246 Å². The number of aliphatic hydroxyl groups excluding tert-OH is 1. The maximum Gasteiger partial charge on any atom is 0.326 e. The van der Waals surface area contributed by atoms with E-state index < -0.39 is 66.8 Å². The number of amides is 4. The van der Waals surface area contributed by atoms with Crippen LogP contribution in [-0.2, 0) is 36.8 Å². The second-order valence-electron chi connectivity index (χ2n) is 10.1. The van der Waals surface area contributed by atoms with Gasteiger partial charge < -0.3 is 47.6 Å². The van der Waals surface area contributed by atoms with Gasteiger partial charge in [-0.25, -0.2) is 4.79 Å². The third-order valence-electron chi connectivity index (χ3n) is 7.02. The van der Waals surface area contributed by atoms with Gasteiger partial charge in [0.25, 0.3) is 0 Å². The Morgan fingerprint density at radius 2 is 1.21 bits per heavy atom. The zero-order valence-corrected chi connectivity index (χ0v) is 23.0. The molecule has 43 heavy (non-hydrogen) atoms. The maximum absolute atomic E-state index is 13.2. The van der Waals surface area contributed by atoms with Crippen molar-refractivity contribution in [3.63, 3.8) is 0 Å². The van der Waals surface area contributed by atoms with Gasteiger partial charge in [0.15, 0.2) is 0 Å². The normalized spacial score (nSPS) is 14.0. The van der Waals surface area contributed by atoms with E-state index in [0.29, 0.717) is 5.56 Å². The van der Waals surface area contributed by atoms with E-state index in [-0.39, 0.29) is 12.8 Å². The Morgan fingerprint density at radius 3 is 1.74 bits per heavy atom. The SMILES string of the molecule is NC(=O)CC(NC(=O)C(Cc1c[nH]c2ccccc12)NC(=O)C(CO)NC(=O)C(N)Cc1c[nH]c2ccccc12)C(=O)O. The van der Waals surface area contributed by atoms with E-state index in [2.05, 4.69) is 25.9 Å². The van der Waals surface area contributed by atoms with E-state index in [1.807, 2.05) is 36.4 Å². The van der Waals surface area contributed by atoms with Crippen LogP contribution in [0.15, 0.2) is 60.9 Å². The van der Waals surface area contributed by atoms with Crippen LogP contribution < -0.4 is 27.4 Å². The second-order valence-corrected chi connectivity index (χ2v) is 10.1. The molecule has 4 amide bonds. The van der Waals surface area contributed by atoms with Crippen molar-refractivity contribution >= 4 is 51.4 Å². The molecular formula is C29H33N7O7. The number of carboxylic acids is 1. The number of aliphatic hydroxyl groups is 1. The van der Waals surface area contributed by atoms with Gasteiger partial charge in [0.2, 0.25) is 23.6 Å². The molecule has 2 heterocycles. The average Bonchev–Trinajstić information content (AvgIpc) is 3.58. The molecule has 0 aliphatic heterocycles. The minimum Gasteiger partial charge on any atom is -0.480 e. The number of carbonyl (C=O) groups excluding carboxylic acids is 4. The van der Waals surface area contributed by atoms with Crippen molar-refractivity contribution in [2.24, 2.45) is 11.5 Å². The lowest BCUT2D eigenvalue weighted by molar-refractivity contribution is -0.143. The van der Waals surface area contributed by atoms with Crippen molar-refractivity contribution < 1.29 is 34.2 Å². The summed E-state index contributed by atoms with van der Waals surface area (Å²) in [6, 6.07) is 9.18. The number of hydrogen-bond acceptors (Lipinski definition) is 7. The van der Waals surface area contributed by atoms with Crippen molar-refractivity contribution in [1.82, 2.24) is 25.9 Å². The fraction of sp³-hybridized carbons (Fsp3) is 0.276. The van der Waals surface area contributed by atoms with E-state index in [1.54, 1.807) is 24.5 Å². The predicted octanol–water partition coefficient (Wildman–Crippen LogP) is -0.832. The highest BCUT2D eigenvalue weighted by Crippen LogP contribution is 2.20. The van der Waals surface area contributed by atoms with E-state index >= 15 is 0 Å². The molecule has 2 aromatic carbocycles. The lowest BCUT2D eigenvalue weighted by Crippen LogP contribution is -2.58. The molecule has 4 atom stereocenters. The van der Waals surface area contributed by atoms with Crippen molar-refractivity contribution in [2.45, 2.75) is 43.4 Å². The first kappa shape index (κ1) is 30.7. The molecule has 4 aromatic rings. The molecule has 0 aliphatic carbocycles. The van der Waals surface area contributed by atoms with Crippen LogP contribution in [0.5, 0.6) is 0 Å². The van der Waals surface area contributed by atoms with Crippen molar-refractivity contribution in [3.8, 4) is 0 Å². The van der Waals surface area contributed by atoms with Crippen molar-refractivity contribution in [1.29, 1.82) is 0 Å². The zero-order valence-electron chi connectivity index (χ0n) is 23.0. The first-order valence-corrected chi connectivity index (χ1v) is 13.5. The van der Waals surface area contributed by atoms with Crippen LogP contribution in [0, 0.1) is 0 Å². The van der Waals surface area contributed by atoms with Gasteiger partial charge in [-0.3, -0.25) is 19.2 Å². The largest absolute Gasteiger partial charge is 0.480 e. The first-order valence-electron chi connectivity index (χ1n) is 13.5. The van der Waals surface area contributed by atoms with Gasteiger partial charge in [0.1, 0.15) is 18.1 Å². The number of rotatable bonds is 14. The number of aromatic amines is 2. The number of H-pyrrole nitrogens is 2. The summed E-state index contributed by atoms with van der Waals surface area (Å²) in [5.74, 6) is -4.96. The molecule has 0 bridgehead atoms. The number of aliphatic carboxylic acids is 1. The Morgan fingerprint density at radius 1 is 0.721 bits per heavy atom. The molecule has 0 aliphatic rings. The van der Waals surface area contributed by atoms with Crippen LogP contribution in [0.2, 0.25) is 0 Å². The molecule has 0 spiro atoms. The highest BCUT2D eigenvalue weighted by molar-refractivity contribution is 5.96. The van der Waals surface area contributed by atoms with Gasteiger partial charge in [-0.15, -0.1) is 0 Å². The molecule has 0 saturated heterocycles. The number of aromatic nitrogens is 2. The Hall–Kier alpha value is -5.21. The molecule has 0 saturated carbocycles. The van der Waals surface area contributed by atoms with Crippen LogP contribution in [-0.4, -0.2) is 80.6 Å². The third kappa shape index (κ3) is 7.55. The fourth-order valence-electron chi connectivity index (χ4n) is 4.78. The summed E-state index contributed by atoms with van der Waals surface area (Å²) in [4.78, 5) is 68.5. The van der Waals surface area contributed by atoms with Gasteiger partial charge in [0, 0.05) is 40.6 Å². The third-order valence-corrected chi connectivity index (χ3v) is 7.02. The van der Waals surface area contributed by atoms with E-state index in [9.17, 15) is 34.2 Å². The van der Waals surface area contributed by atoms with Crippen LogP contribution in [0.1, 0.15) is 17.5 Å². The smallest absolute Gasteiger partial charge is 0.326 e. The molecule has 0 fully saturated rings. The number of carboxylic acid groups (broad SMARTS) is 1. The number of para-hydroxylation sites is 2. The molecule has 0 radical (unpaired) electrons. The molecule has 14 heteroatoms. The molecule has 2 aromatic heterocycles. The van der Waals surface area contributed by atoms with Crippen LogP contribution >= 0.6 is 0 Å². The fourth-order valence-corrected chi connectivity index (χ4v) is 4.78. The number of benzene rings is 2. The van der Waals surface area contributed by atoms with Gasteiger partial charge in [-0.1, -0.05) is 36.4 Å². The molecule has 11 N–H and O–H groups in total. The highest BCUT2D eigenvalue weighted by atomic mass is 16.4. The minimum atomic E-state index is -1.64. The van der Waals surface area contributed by atoms with E-state index in [0.717, 1.165) is 27.4 Å². The van der Waals surface area contributed by atoms with Crippen molar-refractivity contribution in [2.75, 3.05) is 6.61 Å². The number of fused-ring (bicyclic) bond motifs is 2. The summed E-state index contributed by atoms with van der Waals surface area (Å²) in [6.07, 6.45) is 2.78. The number of hydrogen-bond donors (Lipinski definition) is 9. The first-order chi connectivity index (χ1) is 20.6. The molecule has 226 valence electrons. The van der Waals surface area contributed by atoms with Crippen LogP contribution in [0.3, 0.4) is 0 Å².